The van der Waals surface area contributed by atoms with E-state index in [1.165, 1.54) is 0 Å². The van der Waals surface area contributed by atoms with E-state index in [2.05, 4.69) is 28.1 Å². The smallest absolute Gasteiger partial charge is 0.127 e. The summed E-state index contributed by atoms with van der Waals surface area (Å²) >= 11 is 1.71. The first-order valence-electron chi connectivity index (χ1n) is 9.40. The molecule has 3 nitrogen and oxygen atoms in total. The molecule has 1 atom stereocenters. The van der Waals surface area contributed by atoms with Crippen LogP contribution in [0.25, 0.3) is 0 Å². The van der Waals surface area contributed by atoms with Crippen molar-refractivity contribution in [3.63, 3.8) is 0 Å². The number of aromatic nitrogens is 1. The SMILES string of the molecule is COc1ccc2c(c1)S[C@H](c1ccccc1F)CCN2Cc1cccc(C)n1. The Morgan fingerprint density at radius 2 is 2.00 bits per heavy atom. The van der Waals surface area contributed by atoms with E-state index in [1.807, 2.05) is 37.3 Å². The minimum Gasteiger partial charge on any atom is -0.497 e. The molecule has 0 saturated heterocycles. The molecule has 0 saturated carbocycles. The summed E-state index contributed by atoms with van der Waals surface area (Å²) < 4.78 is 19.9. The fourth-order valence-electron chi connectivity index (χ4n) is 3.59. The summed E-state index contributed by atoms with van der Waals surface area (Å²) in [5.41, 5.74) is 3.96. The number of pyridine rings is 1. The first kappa shape index (κ1) is 18.8. The van der Waals surface area contributed by atoms with E-state index in [4.69, 9.17) is 4.74 Å². The van der Waals surface area contributed by atoms with Gasteiger partial charge in [0.25, 0.3) is 0 Å². The molecule has 4 rings (SSSR count). The van der Waals surface area contributed by atoms with E-state index in [9.17, 15) is 4.39 Å². The molecule has 1 aliphatic rings. The molecule has 5 heteroatoms. The van der Waals surface area contributed by atoms with Gasteiger partial charge in [-0.2, -0.15) is 0 Å². The molecule has 3 aromatic rings. The van der Waals surface area contributed by atoms with Crippen molar-refractivity contribution in [1.29, 1.82) is 0 Å². The highest BCUT2D eigenvalue weighted by atomic mass is 32.2. The van der Waals surface area contributed by atoms with Gasteiger partial charge in [-0.3, -0.25) is 4.98 Å². The van der Waals surface area contributed by atoms with Crippen LogP contribution in [0.2, 0.25) is 0 Å². The first-order valence-corrected chi connectivity index (χ1v) is 10.3. The average Bonchev–Trinajstić information content (AvgIpc) is 2.87. The lowest BCUT2D eigenvalue weighted by molar-refractivity contribution is 0.413. The fraction of sp³-hybridized carbons (Fsp3) is 0.261. The molecule has 2 heterocycles. The van der Waals surface area contributed by atoms with Crippen molar-refractivity contribution in [1.82, 2.24) is 4.98 Å². The lowest BCUT2D eigenvalue weighted by atomic mass is 10.1. The topological polar surface area (TPSA) is 25.4 Å². The summed E-state index contributed by atoms with van der Waals surface area (Å²) in [6.45, 7) is 3.57. The normalized spacial score (nSPS) is 16.4. The number of rotatable bonds is 4. The summed E-state index contributed by atoms with van der Waals surface area (Å²) in [7, 11) is 1.67. The molecule has 144 valence electrons. The largest absolute Gasteiger partial charge is 0.497 e. The number of aryl methyl sites for hydroxylation is 1. The van der Waals surface area contributed by atoms with Crippen molar-refractivity contribution >= 4 is 17.4 Å². The zero-order valence-electron chi connectivity index (χ0n) is 16.1. The molecule has 0 aliphatic carbocycles. The molecule has 0 radical (unpaired) electrons. The van der Waals surface area contributed by atoms with Crippen LogP contribution in [0.1, 0.15) is 28.6 Å². The molecule has 0 spiro atoms. The molecule has 2 aromatic carbocycles. The van der Waals surface area contributed by atoms with Gasteiger partial charge in [0.15, 0.2) is 0 Å². The zero-order chi connectivity index (χ0) is 19.5. The van der Waals surface area contributed by atoms with Gasteiger partial charge in [-0.1, -0.05) is 24.3 Å². The van der Waals surface area contributed by atoms with Crippen LogP contribution in [0.3, 0.4) is 0 Å². The average molecular weight is 395 g/mol. The van der Waals surface area contributed by atoms with Crippen LogP contribution in [0, 0.1) is 12.7 Å². The van der Waals surface area contributed by atoms with Crippen molar-refractivity contribution in [2.45, 2.75) is 30.0 Å². The third kappa shape index (κ3) is 3.99. The van der Waals surface area contributed by atoms with Crippen molar-refractivity contribution in [2.75, 3.05) is 18.6 Å². The summed E-state index contributed by atoms with van der Waals surface area (Å²) in [6.07, 6.45) is 0.856. The molecular weight excluding hydrogens is 371 g/mol. The number of benzene rings is 2. The number of anilines is 1. The number of methoxy groups -OCH3 is 1. The van der Waals surface area contributed by atoms with Crippen LogP contribution < -0.4 is 9.64 Å². The lowest BCUT2D eigenvalue weighted by Gasteiger charge is -2.24. The highest BCUT2D eigenvalue weighted by Crippen LogP contribution is 2.47. The van der Waals surface area contributed by atoms with Gasteiger partial charge in [-0.25, -0.2) is 4.39 Å². The summed E-state index contributed by atoms with van der Waals surface area (Å²) in [5, 5.41) is 0.0579. The first-order chi connectivity index (χ1) is 13.6. The van der Waals surface area contributed by atoms with E-state index in [0.717, 1.165) is 52.8 Å². The highest BCUT2D eigenvalue weighted by molar-refractivity contribution is 7.99. The third-order valence-electron chi connectivity index (χ3n) is 4.99. The Morgan fingerprint density at radius 1 is 1.14 bits per heavy atom. The molecule has 1 aliphatic heterocycles. The van der Waals surface area contributed by atoms with E-state index in [-0.39, 0.29) is 11.1 Å². The van der Waals surface area contributed by atoms with Gasteiger partial charge in [0.2, 0.25) is 0 Å². The molecular formula is C23H23FN2OS. The van der Waals surface area contributed by atoms with E-state index >= 15 is 0 Å². The van der Waals surface area contributed by atoms with Gasteiger partial charge in [-0.05, 0) is 49.7 Å². The Bertz CT molecular complexity index is 978. The lowest BCUT2D eigenvalue weighted by Crippen LogP contribution is -2.24. The molecule has 0 bridgehead atoms. The van der Waals surface area contributed by atoms with Crippen LogP contribution in [0.15, 0.2) is 65.6 Å². The highest BCUT2D eigenvalue weighted by Gasteiger charge is 2.25. The number of fused-ring (bicyclic) bond motifs is 1. The second kappa shape index (κ2) is 8.23. The Morgan fingerprint density at radius 3 is 2.79 bits per heavy atom. The van der Waals surface area contributed by atoms with E-state index < -0.39 is 0 Å². The minimum atomic E-state index is -0.141. The minimum absolute atomic E-state index is 0.0579. The maximum absolute atomic E-state index is 14.5. The van der Waals surface area contributed by atoms with Gasteiger partial charge >= 0.3 is 0 Å². The summed E-state index contributed by atoms with van der Waals surface area (Å²) in [6, 6.07) is 19.3. The number of ether oxygens (including phenoxy) is 1. The van der Waals surface area contributed by atoms with Gasteiger partial charge in [0, 0.05) is 27.9 Å². The van der Waals surface area contributed by atoms with Crippen molar-refractivity contribution in [3.8, 4) is 5.75 Å². The van der Waals surface area contributed by atoms with Crippen molar-refractivity contribution in [2.24, 2.45) is 0 Å². The Labute approximate surface area is 169 Å². The van der Waals surface area contributed by atoms with Crippen LogP contribution in [0.5, 0.6) is 5.75 Å². The molecule has 0 unspecified atom stereocenters. The monoisotopic (exact) mass is 394 g/mol. The number of nitrogens with zero attached hydrogens (tertiary/aromatic N) is 2. The van der Waals surface area contributed by atoms with E-state index in [1.54, 1.807) is 31.0 Å². The van der Waals surface area contributed by atoms with Crippen LogP contribution in [-0.2, 0) is 6.54 Å². The van der Waals surface area contributed by atoms with E-state index in [0.29, 0.717) is 0 Å². The predicted molar refractivity (Wildman–Crippen MR) is 113 cm³/mol. The molecule has 0 N–H and O–H groups in total. The molecule has 28 heavy (non-hydrogen) atoms. The molecule has 1 aromatic heterocycles. The second-order valence-electron chi connectivity index (χ2n) is 6.94. The number of halogens is 1. The Hall–Kier alpha value is -2.53. The predicted octanol–water partition coefficient (Wildman–Crippen LogP) is 5.78. The maximum Gasteiger partial charge on any atom is 0.127 e. The fourth-order valence-corrected chi connectivity index (χ4v) is 4.94. The third-order valence-corrected chi connectivity index (χ3v) is 6.34. The quantitative estimate of drug-likeness (QED) is 0.560. The Balaban J connectivity index is 1.70. The van der Waals surface area contributed by atoms with Crippen LogP contribution >= 0.6 is 11.8 Å². The van der Waals surface area contributed by atoms with Crippen molar-refractivity contribution < 1.29 is 9.13 Å². The van der Waals surface area contributed by atoms with Crippen molar-refractivity contribution in [3.05, 3.63) is 83.4 Å². The maximum atomic E-state index is 14.5. The summed E-state index contributed by atoms with van der Waals surface area (Å²) in [5.74, 6) is 0.673. The second-order valence-corrected chi connectivity index (χ2v) is 8.19. The van der Waals surface area contributed by atoms with Gasteiger partial charge in [0.05, 0.1) is 25.0 Å². The Kier molecular flexibility index (Phi) is 5.53. The van der Waals surface area contributed by atoms with Gasteiger partial charge in [-0.15, -0.1) is 11.8 Å². The standard InChI is InChI=1S/C23H23FN2OS/c1-16-6-5-7-17(25-16)15-26-13-12-22(19-8-3-4-9-20(19)24)28-23-14-18(27-2)10-11-21(23)26/h3-11,14,22H,12-13,15H2,1-2H3/t22-/m0/s1. The molecule has 0 amide bonds. The van der Waals surface area contributed by atoms with Gasteiger partial charge in [0.1, 0.15) is 11.6 Å². The number of thioether (sulfide) groups is 1. The number of hydrogen-bond acceptors (Lipinski definition) is 4. The van der Waals surface area contributed by atoms with Crippen LogP contribution in [0.4, 0.5) is 10.1 Å². The summed E-state index contributed by atoms with van der Waals surface area (Å²) in [4.78, 5) is 8.11. The number of hydrogen-bond donors (Lipinski definition) is 0. The van der Waals surface area contributed by atoms with Crippen LogP contribution in [-0.4, -0.2) is 18.6 Å². The molecule has 0 fully saturated rings. The van der Waals surface area contributed by atoms with Gasteiger partial charge < -0.3 is 9.64 Å². The zero-order valence-corrected chi connectivity index (χ0v) is 16.9.